The third-order valence-electron chi connectivity index (χ3n) is 3.73. The highest BCUT2D eigenvalue weighted by Crippen LogP contribution is 2.17. The lowest BCUT2D eigenvalue weighted by molar-refractivity contribution is 0.172. The monoisotopic (exact) mass is 326 g/mol. The van der Waals surface area contributed by atoms with Gasteiger partial charge in [0, 0.05) is 12.6 Å². The number of nitrogens with zero attached hydrogens (tertiary/aromatic N) is 1. The number of nitrogens with one attached hydrogen (secondary N) is 1. The highest BCUT2D eigenvalue weighted by molar-refractivity contribution is 7.91. The fourth-order valence-corrected chi connectivity index (χ4v) is 4.24. The summed E-state index contributed by atoms with van der Waals surface area (Å²) in [6.07, 6.45) is 0.502. The lowest BCUT2D eigenvalue weighted by Gasteiger charge is -2.26. The smallest absolute Gasteiger partial charge is 0.320 e. The van der Waals surface area contributed by atoms with Crippen LogP contribution in [0.3, 0.4) is 0 Å². The van der Waals surface area contributed by atoms with Crippen LogP contribution in [0.25, 0.3) is 0 Å². The van der Waals surface area contributed by atoms with E-state index in [0.29, 0.717) is 18.7 Å². The van der Waals surface area contributed by atoms with Crippen molar-refractivity contribution in [2.24, 2.45) is 0 Å². The number of sulfone groups is 1. The molecule has 0 saturated carbocycles. The second kappa shape index (κ2) is 7.00. The standard InChI is InChI=1S/C15H22N2O4S/c1-3-17(13-8-9-22(19,20)10-13)15(18)16-11-21-14-6-4-12(2)5-7-14/h4-7,13H,3,8-11H2,1-2H3,(H,16,18). The highest BCUT2D eigenvalue weighted by Gasteiger charge is 2.33. The third kappa shape index (κ3) is 4.37. The van der Waals surface area contributed by atoms with Crippen molar-refractivity contribution in [3.63, 3.8) is 0 Å². The summed E-state index contributed by atoms with van der Waals surface area (Å²) < 4.78 is 28.5. The van der Waals surface area contributed by atoms with Gasteiger partial charge < -0.3 is 15.0 Å². The third-order valence-corrected chi connectivity index (χ3v) is 5.48. The average Bonchev–Trinajstić information content (AvgIpc) is 2.82. The molecule has 1 atom stereocenters. The number of hydrogen-bond donors (Lipinski definition) is 1. The predicted octanol–water partition coefficient (Wildman–Crippen LogP) is 1.55. The summed E-state index contributed by atoms with van der Waals surface area (Å²) >= 11 is 0. The molecule has 1 aromatic carbocycles. The molecule has 2 amide bonds. The van der Waals surface area contributed by atoms with Crippen LogP contribution in [0.1, 0.15) is 18.9 Å². The first kappa shape index (κ1) is 16.6. The molecule has 1 unspecified atom stereocenters. The van der Waals surface area contributed by atoms with Gasteiger partial charge in [-0.2, -0.15) is 0 Å². The molecule has 0 radical (unpaired) electrons. The first-order valence-corrected chi connectivity index (χ1v) is 9.18. The van der Waals surface area contributed by atoms with Crippen molar-refractivity contribution >= 4 is 15.9 Å². The number of carbonyl (C=O) groups is 1. The van der Waals surface area contributed by atoms with Gasteiger partial charge in [0.2, 0.25) is 0 Å². The van der Waals surface area contributed by atoms with E-state index in [9.17, 15) is 13.2 Å². The molecule has 6 nitrogen and oxygen atoms in total. The molecule has 0 aromatic heterocycles. The van der Waals surface area contributed by atoms with Crippen LogP contribution in [0.4, 0.5) is 4.79 Å². The van der Waals surface area contributed by atoms with Crippen LogP contribution in [0.15, 0.2) is 24.3 Å². The molecular weight excluding hydrogens is 304 g/mol. The van der Waals surface area contributed by atoms with Crippen LogP contribution < -0.4 is 10.1 Å². The number of aryl methyl sites for hydroxylation is 1. The van der Waals surface area contributed by atoms with Gasteiger partial charge in [-0.05, 0) is 32.4 Å². The number of ether oxygens (including phenoxy) is 1. The Hall–Kier alpha value is -1.76. The van der Waals surface area contributed by atoms with E-state index < -0.39 is 9.84 Å². The van der Waals surface area contributed by atoms with Gasteiger partial charge in [-0.15, -0.1) is 0 Å². The average molecular weight is 326 g/mol. The van der Waals surface area contributed by atoms with Gasteiger partial charge in [-0.1, -0.05) is 17.7 Å². The normalized spacial score (nSPS) is 19.6. The van der Waals surface area contributed by atoms with Crippen LogP contribution >= 0.6 is 0 Å². The van der Waals surface area contributed by atoms with Crippen LogP contribution in [0.2, 0.25) is 0 Å². The topological polar surface area (TPSA) is 75.7 Å². The van der Waals surface area contributed by atoms with Crippen LogP contribution in [0.5, 0.6) is 5.75 Å². The van der Waals surface area contributed by atoms with E-state index in [1.54, 1.807) is 4.90 Å². The molecule has 1 fully saturated rings. The maximum Gasteiger partial charge on any atom is 0.320 e. The quantitative estimate of drug-likeness (QED) is 0.833. The number of urea groups is 1. The highest BCUT2D eigenvalue weighted by atomic mass is 32.2. The van der Waals surface area contributed by atoms with Gasteiger partial charge in [0.15, 0.2) is 16.6 Å². The Balaban J connectivity index is 1.83. The molecule has 1 aromatic rings. The number of rotatable bonds is 5. The van der Waals surface area contributed by atoms with E-state index in [0.717, 1.165) is 5.56 Å². The second-order valence-corrected chi connectivity index (χ2v) is 7.66. The maximum absolute atomic E-state index is 12.2. The Morgan fingerprint density at radius 3 is 2.59 bits per heavy atom. The fourth-order valence-electron chi connectivity index (χ4n) is 2.51. The zero-order valence-electron chi connectivity index (χ0n) is 12.9. The minimum atomic E-state index is -3.00. The van der Waals surface area contributed by atoms with Gasteiger partial charge in [0.25, 0.3) is 0 Å². The van der Waals surface area contributed by atoms with Crippen LogP contribution in [-0.4, -0.2) is 50.2 Å². The molecule has 1 N–H and O–H groups in total. The summed E-state index contributed by atoms with van der Waals surface area (Å²) in [4.78, 5) is 13.7. The first-order valence-electron chi connectivity index (χ1n) is 7.35. The van der Waals surface area contributed by atoms with E-state index in [4.69, 9.17) is 4.74 Å². The fraction of sp³-hybridized carbons (Fsp3) is 0.533. The van der Waals surface area contributed by atoms with Crippen molar-refractivity contribution in [1.82, 2.24) is 10.2 Å². The Bertz CT molecular complexity index is 613. The number of amides is 2. The van der Waals surface area contributed by atoms with Crippen molar-refractivity contribution in [2.45, 2.75) is 26.3 Å². The van der Waals surface area contributed by atoms with E-state index in [1.807, 2.05) is 38.1 Å². The Morgan fingerprint density at radius 1 is 1.36 bits per heavy atom. The molecular formula is C15H22N2O4S. The first-order chi connectivity index (χ1) is 10.4. The van der Waals surface area contributed by atoms with Gasteiger partial charge in [0.1, 0.15) is 5.75 Å². The number of benzene rings is 1. The molecule has 1 aliphatic rings. The number of carbonyl (C=O) groups excluding carboxylic acids is 1. The van der Waals surface area contributed by atoms with Crippen LogP contribution in [0, 0.1) is 6.92 Å². The summed E-state index contributed by atoms with van der Waals surface area (Å²) in [6, 6.07) is 6.99. The van der Waals surface area contributed by atoms with Crippen LogP contribution in [-0.2, 0) is 9.84 Å². The van der Waals surface area contributed by atoms with E-state index in [2.05, 4.69) is 5.32 Å². The zero-order chi connectivity index (χ0) is 16.2. The molecule has 2 rings (SSSR count). The molecule has 0 aliphatic carbocycles. The maximum atomic E-state index is 12.2. The van der Waals surface area contributed by atoms with Crippen molar-refractivity contribution in [2.75, 3.05) is 24.8 Å². The van der Waals surface area contributed by atoms with E-state index in [1.165, 1.54) is 0 Å². The molecule has 1 aliphatic heterocycles. The lowest BCUT2D eigenvalue weighted by Crippen LogP contribution is -2.47. The summed E-state index contributed by atoms with van der Waals surface area (Å²) in [7, 11) is -3.00. The van der Waals surface area contributed by atoms with Gasteiger partial charge in [0.05, 0.1) is 11.5 Å². The van der Waals surface area contributed by atoms with Crippen molar-refractivity contribution in [3.05, 3.63) is 29.8 Å². The predicted molar refractivity (Wildman–Crippen MR) is 84.6 cm³/mol. The van der Waals surface area contributed by atoms with E-state index in [-0.39, 0.29) is 30.3 Å². The molecule has 1 saturated heterocycles. The van der Waals surface area contributed by atoms with Crippen molar-refractivity contribution < 1.29 is 17.9 Å². The minimum absolute atomic E-state index is 0.0487. The Kier molecular flexibility index (Phi) is 5.28. The molecule has 1 heterocycles. The van der Waals surface area contributed by atoms with Gasteiger partial charge >= 0.3 is 6.03 Å². The molecule has 0 spiro atoms. The molecule has 122 valence electrons. The molecule has 0 bridgehead atoms. The number of hydrogen-bond acceptors (Lipinski definition) is 4. The van der Waals surface area contributed by atoms with E-state index >= 15 is 0 Å². The van der Waals surface area contributed by atoms with Gasteiger partial charge in [-0.3, -0.25) is 0 Å². The Morgan fingerprint density at radius 2 is 2.05 bits per heavy atom. The van der Waals surface area contributed by atoms with Crippen molar-refractivity contribution in [3.8, 4) is 5.75 Å². The Labute approximate surface area is 131 Å². The molecule has 22 heavy (non-hydrogen) atoms. The van der Waals surface area contributed by atoms with Gasteiger partial charge in [-0.25, -0.2) is 13.2 Å². The molecule has 7 heteroatoms. The zero-order valence-corrected chi connectivity index (χ0v) is 13.7. The van der Waals surface area contributed by atoms with Crippen molar-refractivity contribution in [1.29, 1.82) is 0 Å². The largest absolute Gasteiger partial charge is 0.473 e. The summed E-state index contributed by atoms with van der Waals surface area (Å²) in [5, 5.41) is 2.67. The minimum Gasteiger partial charge on any atom is -0.473 e. The summed E-state index contributed by atoms with van der Waals surface area (Å²) in [6.45, 7) is 4.35. The lowest BCUT2D eigenvalue weighted by atomic mass is 10.2. The summed E-state index contributed by atoms with van der Waals surface area (Å²) in [5.74, 6) is 0.881. The summed E-state index contributed by atoms with van der Waals surface area (Å²) in [5.41, 5.74) is 1.14. The SMILES string of the molecule is CCN(C(=O)NCOc1ccc(C)cc1)C1CCS(=O)(=O)C1. The second-order valence-electron chi connectivity index (χ2n) is 5.43.